The lowest BCUT2D eigenvalue weighted by atomic mass is 10.4. The van der Waals surface area contributed by atoms with Crippen molar-refractivity contribution in [2.45, 2.75) is 30.4 Å². The molecule has 0 fully saturated rings. The Bertz CT molecular complexity index is 338. The zero-order valence-corrected chi connectivity index (χ0v) is 11.3. The quantitative estimate of drug-likeness (QED) is 0.464. The predicted molar refractivity (Wildman–Crippen MR) is 76.5 cm³/mol. The summed E-state index contributed by atoms with van der Waals surface area (Å²) in [5.41, 5.74) is 5.73. The molecule has 3 nitrogen and oxygen atoms in total. The third kappa shape index (κ3) is 6.22. The number of guanidine groups is 1. The molecule has 1 aromatic rings. The minimum absolute atomic E-state index is 0.430. The molecule has 0 saturated carbocycles. The SMILES string of the molecule is CCCNC(N)=NCC(C)Sc1ccccc1. The Balaban J connectivity index is 2.32. The van der Waals surface area contributed by atoms with Gasteiger partial charge in [0.05, 0.1) is 6.54 Å². The van der Waals surface area contributed by atoms with Gasteiger partial charge < -0.3 is 11.1 Å². The highest BCUT2D eigenvalue weighted by atomic mass is 32.2. The maximum Gasteiger partial charge on any atom is 0.188 e. The van der Waals surface area contributed by atoms with Crippen molar-refractivity contribution in [3.63, 3.8) is 0 Å². The van der Waals surface area contributed by atoms with Crippen LogP contribution in [0.5, 0.6) is 0 Å². The number of nitrogens with zero attached hydrogens (tertiary/aromatic N) is 1. The lowest BCUT2D eigenvalue weighted by Gasteiger charge is -2.09. The van der Waals surface area contributed by atoms with E-state index in [4.69, 9.17) is 5.73 Å². The van der Waals surface area contributed by atoms with Gasteiger partial charge in [-0.2, -0.15) is 0 Å². The normalized spacial score (nSPS) is 13.4. The molecule has 0 amide bonds. The van der Waals surface area contributed by atoms with Gasteiger partial charge >= 0.3 is 0 Å². The first-order valence-electron chi connectivity index (χ1n) is 5.98. The molecule has 94 valence electrons. The van der Waals surface area contributed by atoms with Crippen molar-refractivity contribution in [2.75, 3.05) is 13.1 Å². The van der Waals surface area contributed by atoms with Crippen LogP contribution in [0.2, 0.25) is 0 Å². The van der Waals surface area contributed by atoms with Gasteiger partial charge in [0.15, 0.2) is 5.96 Å². The fourth-order valence-corrected chi connectivity index (χ4v) is 2.23. The fourth-order valence-electron chi connectivity index (χ4n) is 1.30. The summed E-state index contributed by atoms with van der Waals surface area (Å²) in [5, 5.41) is 3.50. The smallest absolute Gasteiger partial charge is 0.188 e. The molecule has 0 aromatic heterocycles. The van der Waals surface area contributed by atoms with Gasteiger partial charge in [-0.15, -0.1) is 11.8 Å². The van der Waals surface area contributed by atoms with E-state index in [1.165, 1.54) is 4.90 Å². The molecule has 0 bridgehead atoms. The Hall–Kier alpha value is -1.16. The average Bonchev–Trinajstić information content (AvgIpc) is 2.35. The third-order valence-electron chi connectivity index (χ3n) is 2.16. The van der Waals surface area contributed by atoms with Crippen molar-refractivity contribution in [1.29, 1.82) is 0 Å². The lowest BCUT2D eigenvalue weighted by molar-refractivity contribution is 0.822. The fraction of sp³-hybridized carbons (Fsp3) is 0.462. The van der Waals surface area contributed by atoms with Crippen molar-refractivity contribution in [3.05, 3.63) is 30.3 Å². The monoisotopic (exact) mass is 251 g/mol. The number of nitrogens with two attached hydrogens (primary N) is 1. The van der Waals surface area contributed by atoms with E-state index in [1.807, 2.05) is 17.8 Å². The molecule has 1 aromatic carbocycles. The molecule has 0 aliphatic rings. The Labute approximate surface area is 108 Å². The third-order valence-corrected chi connectivity index (χ3v) is 3.25. The van der Waals surface area contributed by atoms with Gasteiger partial charge in [-0.1, -0.05) is 32.0 Å². The summed E-state index contributed by atoms with van der Waals surface area (Å²) < 4.78 is 0. The van der Waals surface area contributed by atoms with E-state index < -0.39 is 0 Å². The van der Waals surface area contributed by atoms with E-state index in [0.29, 0.717) is 11.2 Å². The van der Waals surface area contributed by atoms with Crippen LogP contribution in [0.25, 0.3) is 0 Å². The van der Waals surface area contributed by atoms with Gasteiger partial charge in [-0.3, -0.25) is 4.99 Å². The predicted octanol–water partition coefficient (Wildman–Crippen LogP) is 2.48. The van der Waals surface area contributed by atoms with Gasteiger partial charge in [-0.25, -0.2) is 0 Å². The molecule has 0 aliphatic carbocycles. The molecule has 1 rings (SSSR count). The first-order valence-corrected chi connectivity index (χ1v) is 6.85. The van der Waals surface area contributed by atoms with Crippen LogP contribution in [0.4, 0.5) is 0 Å². The number of rotatable bonds is 6. The van der Waals surface area contributed by atoms with Gasteiger partial charge in [0, 0.05) is 16.7 Å². The Morgan fingerprint density at radius 3 is 2.76 bits per heavy atom. The van der Waals surface area contributed by atoms with Gasteiger partial charge in [0.2, 0.25) is 0 Å². The Morgan fingerprint density at radius 2 is 2.12 bits per heavy atom. The molecule has 0 saturated heterocycles. The van der Waals surface area contributed by atoms with Crippen molar-refractivity contribution in [3.8, 4) is 0 Å². The Kier molecular flexibility index (Phi) is 6.55. The molecule has 3 N–H and O–H groups in total. The molecule has 0 radical (unpaired) electrons. The topological polar surface area (TPSA) is 50.4 Å². The summed E-state index contributed by atoms with van der Waals surface area (Å²) in [7, 11) is 0. The van der Waals surface area contributed by atoms with E-state index in [9.17, 15) is 0 Å². The number of benzene rings is 1. The summed E-state index contributed by atoms with van der Waals surface area (Å²) in [6.45, 7) is 5.89. The molecule has 0 aliphatic heterocycles. The lowest BCUT2D eigenvalue weighted by Crippen LogP contribution is -2.32. The summed E-state index contributed by atoms with van der Waals surface area (Å²) in [5.74, 6) is 0.548. The maximum absolute atomic E-state index is 5.73. The van der Waals surface area contributed by atoms with Gasteiger partial charge in [0.1, 0.15) is 0 Å². The van der Waals surface area contributed by atoms with E-state index in [0.717, 1.165) is 19.5 Å². The van der Waals surface area contributed by atoms with Crippen LogP contribution in [0.1, 0.15) is 20.3 Å². The molecule has 4 heteroatoms. The summed E-state index contributed by atoms with van der Waals surface area (Å²) in [6.07, 6.45) is 1.06. The molecular weight excluding hydrogens is 230 g/mol. The van der Waals surface area contributed by atoms with Crippen LogP contribution in [-0.2, 0) is 0 Å². The van der Waals surface area contributed by atoms with Crippen molar-refractivity contribution in [1.82, 2.24) is 5.32 Å². The molecular formula is C13H21N3S. The second-order valence-electron chi connectivity index (χ2n) is 3.89. The van der Waals surface area contributed by atoms with E-state index in [1.54, 1.807) is 0 Å². The van der Waals surface area contributed by atoms with Crippen molar-refractivity contribution in [2.24, 2.45) is 10.7 Å². The molecule has 0 spiro atoms. The summed E-state index contributed by atoms with van der Waals surface area (Å²) in [6, 6.07) is 10.4. The highest BCUT2D eigenvalue weighted by Gasteiger charge is 2.03. The van der Waals surface area contributed by atoms with E-state index in [2.05, 4.69) is 48.4 Å². The molecule has 1 atom stereocenters. The minimum atomic E-state index is 0.430. The zero-order chi connectivity index (χ0) is 12.5. The van der Waals surface area contributed by atoms with Gasteiger partial charge in [-0.05, 0) is 18.6 Å². The maximum atomic E-state index is 5.73. The number of hydrogen-bond acceptors (Lipinski definition) is 2. The number of aliphatic imine (C=N–C) groups is 1. The minimum Gasteiger partial charge on any atom is -0.370 e. The molecule has 1 unspecified atom stereocenters. The summed E-state index contributed by atoms with van der Waals surface area (Å²) in [4.78, 5) is 5.59. The van der Waals surface area contributed by atoms with Crippen LogP contribution in [0.3, 0.4) is 0 Å². The first kappa shape index (κ1) is 13.9. The second kappa shape index (κ2) is 8.01. The number of thioether (sulfide) groups is 1. The highest BCUT2D eigenvalue weighted by Crippen LogP contribution is 2.22. The van der Waals surface area contributed by atoms with Crippen LogP contribution in [0, 0.1) is 0 Å². The van der Waals surface area contributed by atoms with E-state index >= 15 is 0 Å². The molecule has 0 heterocycles. The largest absolute Gasteiger partial charge is 0.370 e. The van der Waals surface area contributed by atoms with E-state index in [-0.39, 0.29) is 0 Å². The average molecular weight is 251 g/mol. The van der Waals surface area contributed by atoms with Crippen LogP contribution in [-0.4, -0.2) is 24.3 Å². The summed E-state index contributed by atoms with van der Waals surface area (Å²) >= 11 is 1.82. The number of hydrogen-bond donors (Lipinski definition) is 2. The second-order valence-corrected chi connectivity index (χ2v) is 5.41. The van der Waals surface area contributed by atoms with Crippen molar-refractivity contribution < 1.29 is 0 Å². The first-order chi connectivity index (χ1) is 8.22. The zero-order valence-electron chi connectivity index (χ0n) is 10.5. The highest BCUT2D eigenvalue weighted by molar-refractivity contribution is 8.00. The van der Waals surface area contributed by atoms with Gasteiger partial charge in [0.25, 0.3) is 0 Å². The standard InChI is InChI=1S/C13H21N3S/c1-3-9-15-13(14)16-10-11(2)17-12-7-5-4-6-8-12/h4-8,11H,3,9-10H2,1-2H3,(H3,14,15,16). The van der Waals surface area contributed by atoms with Crippen LogP contribution >= 0.6 is 11.8 Å². The molecule has 17 heavy (non-hydrogen) atoms. The van der Waals surface area contributed by atoms with Crippen LogP contribution in [0.15, 0.2) is 40.2 Å². The Morgan fingerprint density at radius 1 is 1.41 bits per heavy atom. The number of nitrogens with one attached hydrogen (secondary N) is 1. The van der Waals surface area contributed by atoms with Crippen molar-refractivity contribution >= 4 is 17.7 Å². The van der Waals surface area contributed by atoms with Crippen LogP contribution < -0.4 is 11.1 Å².